The molecule has 0 radical (unpaired) electrons. The molecule has 0 aromatic rings. The van der Waals surface area contributed by atoms with Crippen molar-refractivity contribution in [1.82, 2.24) is 0 Å². The summed E-state index contributed by atoms with van der Waals surface area (Å²) < 4.78 is 0. The minimum atomic E-state index is -0.981. The molecule has 0 saturated carbocycles. The van der Waals surface area contributed by atoms with Crippen LogP contribution in [-0.2, 0) is 0 Å². The van der Waals surface area contributed by atoms with Crippen LogP contribution in [0, 0.1) is 5.92 Å². The number of aliphatic hydroxyl groups excluding tert-OH is 1. The van der Waals surface area contributed by atoms with Crippen molar-refractivity contribution in [2.45, 2.75) is 51.7 Å². The van der Waals surface area contributed by atoms with Crippen molar-refractivity contribution in [1.29, 1.82) is 0 Å². The second-order valence-corrected chi connectivity index (χ2v) is 4.57. The Morgan fingerprint density at radius 1 is 1.33 bits per heavy atom. The maximum atomic E-state index is 9.74. The van der Waals surface area contributed by atoms with Gasteiger partial charge in [-0.1, -0.05) is 18.5 Å². The Balaban J connectivity index is 4.14. The summed E-state index contributed by atoms with van der Waals surface area (Å²) in [4.78, 5) is 2.74. The Morgan fingerprint density at radius 2 is 1.93 bits per heavy atom. The molecule has 0 aliphatic heterocycles. The van der Waals surface area contributed by atoms with Gasteiger partial charge in [0.15, 0.2) is 0 Å². The minimum Gasteiger partial charge on any atom is -0.396 e. The number of nitrogens with zero attached hydrogens (tertiary/aromatic N) is 3. The monoisotopic (exact) mass is 215 g/mol. The standard InChI is InChI=1S/C10H21N3O2/c1-8(6-7-14)4-5-9(12-13-11)10(2,3)15/h8-9,14-15H,4-7H2,1-3H3. The van der Waals surface area contributed by atoms with Crippen LogP contribution >= 0.6 is 0 Å². The van der Waals surface area contributed by atoms with Gasteiger partial charge in [-0.15, -0.1) is 0 Å². The van der Waals surface area contributed by atoms with Gasteiger partial charge in [-0.05, 0) is 38.1 Å². The first-order valence-corrected chi connectivity index (χ1v) is 5.29. The van der Waals surface area contributed by atoms with Crippen molar-refractivity contribution in [3.63, 3.8) is 0 Å². The SMILES string of the molecule is CC(CCO)CCC(N=[N+]=[N-])C(C)(C)O. The van der Waals surface area contributed by atoms with E-state index in [2.05, 4.69) is 10.0 Å². The van der Waals surface area contributed by atoms with E-state index in [0.717, 1.165) is 12.8 Å². The van der Waals surface area contributed by atoms with Crippen LogP contribution < -0.4 is 0 Å². The normalized spacial score (nSPS) is 15.5. The summed E-state index contributed by atoms with van der Waals surface area (Å²) in [7, 11) is 0. The Bertz CT molecular complexity index is 219. The summed E-state index contributed by atoms with van der Waals surface area (Å²) in [5, 5.41) is 22.1. The third-order valence-electron chi connectivity index (χ3n) is 2.56. The lowest BCUT2D eigenvalue weighted by Crippen LogP contribution is -2.34. The van der Waals surface area contributed by atoms with Gasteiger partial charge in [0.2, 0.25) is 0 Å². The van der Waals surface area contributed by atoms with E-state index in [1.54, 1.807) is 13.8 Å². The van der Waals surface area contributed by atoms with Crippen molar-refractivity contribution >= 4 is 0 Å². The molecule has 0 fully saturated rings. The molecule has 0 aliphatic carbocycles. The number of hydrogen-bond donors (Lipinski definition) is 2. The summed E-state index contributed by atoms with van der Waals surface area (Å²) in [6.07, 6.45) is 2.23. The molecule has 0 aromatic carbocycles. The van der Waals surface area contributed by atoms with Gasteiger partial charge < -0.3 is 10.2 Å². The quantitative estimate of drug-likeness (QED) is 0.387. The van der Waals surface area contributed by atoms with Crippen LogP contribution in [0.25, 0.3) is 10.4 Å². The molecular formula is C10H21N3O2. The van der Waals surface area contributed by atoms with Crippen molar-refractivity contribution in [2.24, 2.45) is 11.0 Å². The molecule has 0 spiro atoms. The number of azide groups is 1. The van der Waals surface area contributed by atoms with E-state index >= 15 is 0 Å². The molecule has 88 valence electrons. The highest BCUT2D eigenvalue weighted by molar-refractivity contribution is 4.84. The van der Waals surface area contributed by atoms with E-state index in [1.165, 1.54) is 0 Å². The summed E-state index contributed by atoms with van der Waals surface area (Å²) in [6.45, 7) is 5.50. The van der Waals surface area contributed by atoms with Crippen LogP contribution in [0.4, 0.5) is 0 Å². The lowest BCUT2D eigenvalue weighted by atomic mass is 9.91. The van der Waals surface area contributed by atoms with Gasteiger partial charge in [0.1, 0.15) is 0 Å². The molecule has 0 bridgehead atoms. The molecule has 0 heterocycles. The molecule has 2 unspecified atom stereocenters. The van der Waals surface area contributed by atoms with Crippen LogP contribution in [0.15, 0.2) is 5.11 Å². The van der Waals surface area contributed by atoms with Crippen molar-refractivity contribution in [2.75, 3.05) is 6.61 Å². The van der Waals surface area contributed by atoms with Crippen molar-refractivity contribution < 1.29 is 10.2 Å². The highest BCUT2D eigenvalue weighted by atomic mass is 16.3. The number of rotatable bonds is 7. The smallest absolute Gasteiger partial charge is 0.0676 e. The maximum Gasteiger partial charge on any atom is 0.0676 e. The average molecular weight is 215 g/mol. The van der Waals surface area contributed by atoms with E-state index in [1.807, 2.05) is 6.92 Å². The van der Waals surface area contributed by atoms with E-state index in [0.29, 0.717) is 12.3 Å². The fraction of sp³-hybridized carbons (Fsp3) is 1.00. The average Bonchev–Trinajstić information content (AvgIpc) is 2.10. The van der Waals surface area contributed by atoms with Gasteiger partial charge in [0.25, 0.3) is 0 Å². The summed E-state index contributed by atoms with van der Waals surface area (Å²) in [5.74, 6) is 0.383. The summed E-state index contributed by atoms with van der Waals surface area (Å²) in [5.41, 5.74) is 7.39. The van der Waals surface area contributed by atoms with Crippen LogP contribution in [0.3, 0.4) is 0 Å². The van der Waals surface area contributed by atoms with Crippen LogP contribution in [0.1, 0.15) is 40.0 Å². The van der Waals surface area contributed by atoms with Gasteiger partial charge in [-0.2, -0.15) is 0 Å². The number of hydrogen-bond acceptors (Lipinski definition) is 3. The molecule has 5 heteroatoms. The van der Waals surface area contributed by atoms with E-state index < -0.39 is 11.6 Å². The predicted molar refractivity (Wildman–Crippen MR) is 59.3 cm³/mol. The van der Waals surface area contributed by atoms with Gasteiger partial charge in [0.05, 0.1) is 11.6 Å². The van der Waals surface area contributed by atoms with E-state index in [4.69, 9.17) is 10.6 Å². The minimum absolute atomic E-state index is 0.176. The van der Waals surface area contributed by atoms with E-state index in [9.17, 15) is 5.11 Å². The highest BCUT2D eigenvalue weighted by Crippen LogP contribution is 2.21. The Morgan fingerprint density at radius 3 is 2.33 bits per heavy atom. The molecule has 0 rings (SSSR count). The van der Waals surface area contributed by atoms with Gasteiger partial charge in [0, 0.05) is 11.5 Å². The fourth-order valence-electron chi connectivity index (χ4n) is 1.42. The second kappa shape index (κ2) is 6.67. The molecule has 15 heavy (non-hydrogen) atoms. The topological polar surface area (TPSA) is 89.2 Å². The maximum absolute atomic E-state index is 9.74. The van der Waals surface area contributed by atoms with Crippen molar-refractivity contribution in [3.8, 4) is 0 Å². The Hall–Kier alpha value is -0.770. The molecule has 0 aliphatic rings. The van der Waals surface area contributed by atoms with Crippen molar-refractivity contribution in [3.05, 3.63) is 10.4 Å². The zero-order chi connectivity index (χ0) is 11.9. The van der Waals surface area contributed by atoms with Gasteiger partial charge in [-0.25, -0.2) is 0 Å². The first-order chi connectivity index (χ1) is 6.91. The second-order valence-electron chi connectivity index (χ2n) is 4.57. The molecule has 5 nitrogen and oxygen atoms in total. The predicted octanol–water partition coefficient (Wildman–Crippen LogP) is 2.23. The first kappa shape index (κ1) is 14.2. The Labute approximate surface area is 90.7 Å². The zero-order valence-electron chi connectivity index (χ0n) is 9.72. The van der Waals surface area contributed by atoms with Crippen LogP contribution in [0.2, 0.25) is 0 Å². The lowest BCUT2D eigenvalue weighted by Gasteiger charge is -2.26. The summed E-state index contributed by atoms with van der Waals surface area (Å²) in [6, 6.07) is -0.399. The Kier molecular flexibility index (Phi) is 6.32. The third kappa shape index (κ3) is 6.33. The van der Waals surface area contributed by atoms with Crippen LogP contribution in [-0.4, -0.2) is 28.5 Å². The third-order valence-corrected chi connectivity index (χ3v) is 2.56. The first-order valence-electron chi connectivity index (χ1n) is 5.29. The molecule has 2 N–H and O–H groups in total. The molecule has 0 aromatic heterocycles. The lowest BCUT2D eigenvalue weighted by molar-refractivity contribution is 0.0469. The largest absolute Gasteiger partial charge is 0.396 e. The molecular weight excluding hydrogens is 194 g/mol. The zero-order valence-corrected chi connectivity index (χ0v) is 9.72. The number of aliphatic hydroxyl groups is 2. The van der Waals surface area contributed by atoms with E-state index in [-0.39, 0.29) is 6.61 Å². The van der Waals surface area contributed by atoms with Gasteiger partial charge in [-0.3, -0.25) is 0 Å². The molecule has 0 saturated heterocycles. The van der Waals surface area contributed by atoms with Gasteiger partial charge >= 0.3 is 0 Å². The fourth-order valence-corrected chi connectivity index (χ4v) is 1.42. The molecule has 2 atom stereocenters. The summed E-state index contributed by atoms with van der Waals surface area (Å²) >= 11 is 0. The molecule has 0 amide bonds. The van der Waals surface area contributed by atoms with Crippen LogP contribution in [0.5, 0.6) is 0 Å². The highest BCUT2D eigenvalue weighted by Gasteiger charge is 2.25.